The minimum absolute atomic E-state index is 0. The fourth-order valence-electron chi connectivity index (χ4n) is 9.88. The number of carbonyl (C=O) groups is 3. The highest BCUT2D eigenvalue weighted by molar-refractivity contribution is 6.31. The number of hydrogen-bond acceptors (Lipinski definition) is 15. The molecular formula is C61H50Cl3N15O8. The average Bonchev–Trinajstić information content (AvgIpc) is 1.86. The van der Waals surface area contributed by atoms with Gasteiger partial charge in [-0.3, -0.25) is 43.4 Å². The molecule has 0 aliphatic rings. The van der Waals surface area contributed by atoms with Crippen LogP contribution in [0.2, 0.25) is 15.1 Å². The monoisotopic (exact) mass is 1230 g/mol. The fourth-order valence-corrected chi connectivity index (χ4v) is 10.4. The van der Waals surface area contributed by atoms with Crippen LogP contribution in [-0.2, 0) is 26.2 Å². The van der Waals surface area contributed by atoms with Gasteiger partial charge in [-0.15, -0.1) is 0 Å². The molecule has 0 saturated carbocycles. The third kappa shape index (κ3) is 12.9. The lowest BCUT2D eigenvalue weighted by molar-refractivity contribution is 0.0681. The smallest absolute Gasteiger partial charge is 0.357 e. The molecule has 0 fully saturated rings. The number of ether oxygens (including phenoxy) is 1. The molecule has 7 N–H and O–H groups in total. The van der Waals surface area contributed by atoms with E-state index in [0.29, 0.717) is 79.1 Å². The molecule has 13 rings (SSSR count). The van der Waals surface area contributed by atoms with Crippen molar-refractivity contribution in [2.45, 2.75) is 47.5 Å². The summed E-state index contributed by atoms with van der Waals surface area (Å²) in [6, 6.07) is 28.8. The number of methoxy groups -OCH3 is 1. The lowest BCUT2D eigenvalue weighted by Gasteiger charge is -2.11. The number of benzene rings is 3. The number of carboxylic acids is 2. The molecule has 0 aliphatic carbocycles. The first-order chi connectivity index (χ1) is 41.3. The number of nitrogens with zero attached hydrogens (tertiary/aromatic N) is 11. The third-order valence-electron chi connectivity index (χ3n) is 13.9. The molecule has 0 atom stereocenters. The highest BCUT2D eigenvalue weighted by Gasteiger charge is 2.22. The molecule has 26 heteroatoms. The molecule has 0 spiro atoms. The van der Waals surface area contributed by atoms with E-state index in [-0.39, 0.29) is 48.1 Å². The van der Waals surface area contributed by atoms with E-state index >= 15 is 0 Å². The topological polar surface area (TPSA) is 323 Å². The van der Waals surface area contributed by atoms with Crippen LogP contribution in [0.1, 0.15) is 72.4 Å². The number of nitrogens with one attached hydrogen (secondary N) is 3. The molecule has 13 aromatic rings. The zero-order chi connectivity index (χ0) is 60.5. The number of aromatic nitrogens is 13. The lowest BCUT2D eigenvalue weighted by atomic mass is 10.1. The first-order valence-electron chi connectivity index (χ1n) is 26.0. The predicted octanol–water partition coefficient (Wildman–Crippen LogP) is 10.2. The Morgan fingerprint density at radius 1 is 0.575 bits per heavy atom. The summed E-state index contributed by atoms with van der Waals surface area (Å²) in [6.07, 6.45) is 9.39. The largest absolute Gasteiger partial charge is 0.481 e. The van der Waals surface area contributed by atoms with Gasteiger partial charge < -0.3 is 36.0 Å². The van der Waals surface area contributed by atoms with Gasteiger partial charge in [0.25, 0.3) is 5.91 Å². The number of halogens is 3. The van der Waals surface area contributed by atoms with Gasteiger partial charge in [0.05, 0.1) is 81.1 Å². The summed E-state index contributed by atoms with van der Waals surface area (Å²) in [5.41, 5.74) is 14.8. The van der Waals surface area contributed by atoms with E-state index in [0.717, 1.165) is 66.2 Å². The van der Waals surface area contributed by atoms with E-state index in [1.54, 1.807) is 57.2 Å². The molecule has 0 unspecified atom stereocenters. The van der Waals surface area contributed by atoms with Crippen LogP contribution in [0.4, 0.5) is 5.82 Å². The summed E-state index contributed by atoms with van der Waals surface area (Å²) >= 11 is 18.1. The third-order valence-corrected chi connectivity index (χ3v) is 14.5. The number of carbonyl (C=O) groups excluding carboxylic acids is 1. The van der Waals surface area contributed by atoms with Gasteiger partial charge >= 0.3 is 11.9 Å². The van der Waals surface area contributed by atoms with Gasteiger partial charge in [0, 0.05) is 93.7 Å². The maximum Gasteiger partial charge on any atom is 0.357 e. The van der Waals surface area contributed by atoms with Crippen molar-refractivity contribution in [1.29, 1.82) is 0 Å². The van der Waals surface area contributed by atoms with Gasteiger partial charge in [-0.05, 0) is 102 Å². The molecule has 0 aliphatic heterocycles. The van der Waals surface area contributed by atoms with Gasteiger partial charge in [0.2, 0.25) is 17.0 Å². The predicted molar refractivity (Wildman–Crippen MR) is 332 cm³/mol. The van der Waals surface area contributed by atoms with Gasteiger partial charge in [-0.25, -0.2) is 19.6 Å². The first kappa shape index (κ1) is 59.5. The molecule has 1 amide bonds. The van der Waals surface area contributed by atoms with Crippen molar-refractivity contribution in [3.8, 4) is 5.88 Å². The number of aryl methyl sites for hydroxylation is 2. The van der Waals surface area contributed by atoms with Gasteiger partial charge in [-0.2, -0.15) is 15.3 Å². The Labute approximate surface area is 507 Å². The van der Waals surface area contributed by atoms with Crippen LogP contribution in [0.25, 0.3) is 65.4 Å². The number of nitrogens with two attached hydrogens (primary N) is 1. The zero-order valence-corrected chi connectivity index (χ0v) is 47.8. The van der Waals surface area contributed by atoms with E-state index in [1.165, 1.54) is 25.4 Å². The number of aromatic amines is 2. The van der Waals surface area contributed by atoms with Crippen LogP contribution in [0, 0.1) is 13.8 Å². The summed E-state index contributed by atoms with van der Waals surface area (Å²) in [4.78, 5) is 86.1. The van der Waals surface area contributed by atoms with Crippen molar-refractivity contribution >= 4 is 124 Å². The standard InChI is InChI=1S/C25H22ClN7O2.C18H13ClN4O3.C17H11ClN4O3.CH4/c1-13-5-22(27)31-14(2)19(13)10-30-25(35)24-18-8-23(34)29-11-21(18)33(32-24)12-15-3-4-20-16(6-15)7-17(26)9-28-20;1-26-16-6-13-15(8-21-16)23(22-17(13)18(24)25)9-10-2-3-14-11(4-10)5-12(19)7-20-14;18-11-4-10-3-9(1-2-13(10)19-6-11)8-22-14-7-20-15(23)5-12(14)16(21-22)17(24)25;/h3-9,11H,10,12H2,1-2H3,(H2,27,31)(H,29,34)(H,30,35);2-8H,9H2,1H3,(H,24,25);1-7H,8H2,(H,20,23)(H,24,25);1H4. The van der Waals surface area contributed by atoms with Crippen LogP contribution in [-0.4, -0.2) is 99.4 Å². The molecule has 23 nitrogen and oxygen atoms in total. The number of carboxylic acid groups (broad SMARTS) is 2. The minimum Gasteiger partial charge on any atom is -0.481 e. The van der Waals surface area contributed by atoms with E-state index in [9.17, 15) is 34.2 Å². The maximum atomic E-state index is 13.1. The second kappa shape index (κ2) is 24.9. The molecule has 0 bridgehead atoms. The van der Waals surface area contributed by atoms with Crippen molar-refractivity contribution in [1.82, 2.24) is 69.5 Å². The zero-order valence-electron chi connectivity index (χ0n) is 45.5. The molecule has 438 valence electrons. The first-order valence-corrected chi connectivity index (χ1v) is 27.2. The van der Waals surface area contributed by atoms with Gasteiger partial charge in [0.1, 0.15) is 5.82 Å². The SMILES string of the molecule is C.COc1cc2c(C(=O)O)nn(Cc3ccc4ncc(Cl)cc4c3)c2cn1.Cc1cc(N)nc(C)c1CNC(=O)c1nn(Cc2ccc3ncc(Cl)cc3c2)c2c[nH]c(=O)cc12.O=C(O)c1nn(Cc2ccc3ncc(Cl)cc3c2)c2c[nH]c(=O)cc12. The Morgan fingerprint density at radius 2 is 1.00 bits per heavy atom. The lowest BCUT2D eigenvalue weighted by Crippen LogP contribution is -2.25. The number of aromatic carboxylic acids is 2. The molecule has 0 radical (unpaired) electrons. The van der Waals surface area contributed by atoms with Crippen molar-refractivity contribution in [3.63, 3.8) is 0 Å². The van der Waals surface area contributed by atoms with Crippen molar-refractivity contribution in [2.75, 3.05) is 12.8 Å². The Kier molecular flexibility index (Phi) is 17.0. The van der Waals surface area contributed by atoms with E-state index < -0.39 is 11.9 Å². The van der Waals surface area contributed by atoms with Crippen LogP contribution in [0.3, 0.4) is 0 Å². The minimum atomic E-state index is -1.18. The summed E-state index contributed by atoms with van der Waals surface area (Å²) in [7, 11) is 1.48. The second-order valence-corrected chi connectivity index (χ2v) is 21.0. The number of amides is 1. The van der Waals surface area contributed by atoms with Crippen molar-refractivity contribution < 1.29 is 29.3 Å². The Bertz CT molecular complexity index is 4980. The fraction of sp³-hybridized carbons (Fsp3) is 0.131. The summed E-state index contributed by atoms with van der Waals surface area (Å²) < 4.78 is 9.94. The summed E-state index contributed by atoms with van der Waals surface area (Å²) in [5.74, 6) is -1.89. The normalized spacial score (nSPS) is 11.1. The number of nitrogen functional groups attached to an aromatic ring is 1. The summed E-state index contributed by atoms with van der Waals surface area (Å²) in [5, 5.41) is 40.2. The number of hydrogen-bond donors (Lipinski definition) is 6. The highest BCUT2D eigenvalue weighted by Crippen LogP contribution is 2.27. The Balaban J connectivity index is 0.000000146. The number of rotatable bonds is 12. The Hall–Kier alpha value is -10.6. The van der Waals surface area contributed by atoms with Crippen LogP contribution in [0.5, 0.6) is 5.88 Å². The van der Waals surface area contributed by atoms with Crippen LogP contribution < -0.4 is 26.9 Å². The van der Waals surface area contributed by atoms with Crippen molar-refractivity contribution in [2.24, 2.45) is 0 Å². The second-order valence-electron chi connectivity index (χ2n) is 19.7. The molecule has 10 heterocycles. The van der Waals surface area contributed by atoms with Crippen molar-refractivity contribution in [3.05, 3.63) is 221 Å². The van der Waals surface area contributed by atoms with E-state index in [2.05, 4.69) is 55.5 Å². The maximum absolute atomic E-state index is 13.1. The molecule has 3 aromatic carbocycles. The Morgan fingerprint density at radius 3 is 1.44 bits per heavy atom. The molecule has 10 aromatic heterocycles. The molecular weight excluding hydrogens is 1180 g/mol. The quantitative estimate of drug-likeness (QED) is 0.0662. The van der Waals surface area contributed by atoms with Crippen LogP contribution in [0.15, 0.2) is 144 Å². The average molecular weight is 1230 g/mol. The highest BCUT2D eigenvalue weighted by atomic mass is 35.5. The number of fused-ring (bicyclic) bond motifs is 6. The summed E-state index contributed by atoms with van der Waals surface area (Å²) in [6.45, 7) is 5.15. The van der Waals surface area contributed by atoms with E-state index in [1.807, 2.05) is 86.6 Å². The number of anilines is 1. The van der Waals surface area contributed by atoms with Gasteiger partial charge in [0.15, 0.2) is 17.1 Å². The molecule has 0 saturated heterocycles. The van der Waals surface area contributed by atoms with E-state index in [4.69, 9.17) is 45.3 Å². The van der Waals surface area contributed by atoms with Gasteiger partial charge in [-0.1, -0.05) is 60.4 Å². The number of pyridine rings is 7. The van der Waals surface area contributed by atoms with Crippen LogP contribution >= 0.6 is 34.8 Å². The molecule has 87 heavy (non-hydrogen) atoms. The number of H-pyrrole nitrogens is 2.